The summed E-state index contributed by atoms with van der Waals surface area (Å²) in [5.41, 5.74) is 1.47. The average Bonchev–Trinajstić information content (AvgIpc) is 2.98. The van der Waals surface area contributed by atoms with Crippen molar-refractivity contribution in [1.29, 1.82) is 0 Å². The van der Waals surface area contributed by atoms with E-state index in [0.717, 1.165) is 11.3 Å². The smallest absolute Gasteiger partial charge is 0.176 e. The Morgan fingerprint density at radius 2 is 2.11 bits per heavy atom. The van der Waals surface area contributed by atoms with E-state index in [9.17, 15) is 4.79 Å². The highest BCUT2D eigenvalue weighted by Crippen LogP contribution is 2.38. The topological polar surface area (TPSA) is 17.1 Å². The van der Waals surface area contributed by atoms with Gasteiger partial charge in [-0.15, -0.1) is 11.3 Å². The summed E-state index contributed by atoms with van der Waals surface area (Å²) in [4.78, 5) is 15.2. The van der Waals surface area contributed by atoms with Crippen LogP contribution in [0.5, 0.6) is 0 Å². The van der Waals surface area contributed by atoms with Crippen LogP contribution in [0.3, 0.4) is 0 Å². The molecule has 1 aromatic rings. The number of Topliss-reactive ketones (excluding diaryl/α,β-unsaturated/α-hetero) is 1. The van der Waals surface area contributed by atoms with Crippen LogP contribution in [0.25, 0.3) is 0 Å². The molecule has 2 heteroatoms. The maximum Gasteiger partial charge on any atom is 0.176 e. The summed E-state index contributed by atoms with van der Waals surface area (Å²) >= 11 is 1.79. The van der Waals surface area contributed by atoms with E-state index in [0.29, 0.717) is 17.6 Å². The van der Waals surface area contributed by atoms with Crippen molar-refractivity contribution in [2.75, 3.05) is 0 Å². The summed E-state index contributed by atoms with van der Waals surface area (Å²) in [7, 11) is 0. The van der Waals surface area contributed by atoms with Crippen molar-refractivity contribution in [2.24, 2.45) is 11.8 Å². The van der Waals surface area contributed by atoms with Crippen LogP contribution >= 0.6 is 11.3 Å². The van der Waals surface area contributed by atoms with E-state index in [1.54, 1.807) is 11.3 Å². The van der Waals surface area contributed by atoms with Crippen molar-refractivity contribution in [1.82, 2.24) is 0 Å². The van der Waals surface area contributed by atoms with Crippen LogP contribution in [-0.2, 0) is 12.8 Å². The molecule has 0 bridgehead atoms. The first-order valence-electron chi connectivity index (χ1n) is 7.45. The van der Waals surface area contributed by atoms with E-state index in [1.165, 1.54) is 55.4 Å². The standard InChI is InChI=1S/C16H22OS/c1-2-11-6-3-4-8-13(11)16(17)15-10-12-7-5-9-14(12)18-15/h10-11,13H,2-9H2,1H3. The molecule has 0 spiro atoms. The van der Waals surface area contributed by atoms with E-state index in [-0.39, 0.29) is 0 Å². The fourth-order valence-corrected chi connectivity index (χ4v) is 4.93. The van der Waals surface area contributed by atoms with E-state index < -0.39 is 0 Å². The van der Waals surface area contributed by atoms with Gasteiger partial charge in [-0.05, 0) is 49.7 Å². The molecule has 18 heavy (non-hydrogen) atoms. The molecule has 0 aromatic carbocycles. The van der Waals surface area contributed by atoms with Crippen molar-refractivity contribution in [3.05, 3.63) is 21.4 Å². The number of hydrogen-bond acceptors (Lipinski definition) is 2. The third-order valence-electron chi connectivity index (χ3n) is 4.76. The van der Waals surface area contributed by atoms with Crippen LogP contribution in [0.1, 0.15) is 65.6 Å². The monoisotopic (exact) mass is 262 g/mol. The van der Waals surface area contributed by atoms with Gasteiger partial charge in [0.15, 0.2) is 5.78 Å². The first-order valence-corrected chi connectivity index (χ1v) is 8.27. The number of rotatable bonds is 3. The molecule has 1 fully saturated rings. The molecule has 98 valence electrons. The Kier molecular flexibility index (Phi) is 3.56. The minimum absolute atomic E-state index is 0.322. The van der Waals surface area contributed by atoms with Crippen LogP contribution in [0.2, 0.25) is 0 Å². The number of carbonyl (C=O) groups is 1. The minimum atomic E-state index is 0.322. The first kappa shape index (κ1) is 12.4. The molecule has 0 aliphatic heterocycles. The van der Waals surface area contributed by atoms with Gasteiger partial charge in [0.05, 0.1) is 4.88 Å². The van der Waals surface area contributed by atoms with Crippen LogP contribution in [0, 0.1) is 11.8 Å². The van der Waals surface area contributed by atoms with Gasteiger partial charge in [-0.3, -0.25) is 4.79 Å². The molecule has 0 saturated heterocycles. The average molecular weight is 262 g/mol. The highest BCUT2D eigenvalue weighted by atomic mass is 32.1. The quantitative estimate of drug-likeness (QED) is 0.725. The largest absolute Gasteiger partial charge is 0.293 e. The lowest BCUT2D eigenvalue weighted by molar-refractivity contribution is 0.0824. The Hall–Kier alpha value is -0.630. The van der Waals surface area contributed by atoms with Crippen LogP contribution in [0.15, 0.2) is 6.07 Å². The molecule has 2 aliphatic carbocycles. The van der Waals surface area contributed by atoms with E-state index >= 15 is 0 Å². The van der Waals surface area contributed by atoms with Gasteiger partial charge in [-0.25, -0.2) is 0 Å². The summed E-state index contributed by atoms with van der Waals surface area (Å²) in [6, 6.07) is 2.21. The Morgan fingerprint density at radius 3 is 2.89 bits per heavy atom. The van der Waals surface area contributed by atoms with Crippen molar-refractivity contribution in [3.63, 3.8) is 0 Å². The number of fused-ring (bicyclic) bond motifs is 1. The van der Waals surface area contributed by atoms with E-state index in [4.69, 9.17) is 0 Å². The summed E-state index contributed by atoms with van der Waals surface area (Å²) < 4.78 is 0. The summed E-state index contributed by atoms with van der Waals surface area (Å²) in [5, 5.41) is 0. The summed E-state index contributed by atoms with van der Waals surface area (Å²) in [5.74, 6) is 1.42. The lowest BCUT2D eigenvalue weighted by atomic mass is 9.75. The van der Waals surface area contributed by atoms with Gasteiger partial charge in [0.1, 0.15) is 0 Å². The first-order chi connectivity index (χ1) is 8.79. The number of carbonyl (C=O) groups excluding carboxylic acids is 1. The van der Waals surface area contributed by atoms with E-state index in [1.807, 2.05) is 0 Å². The SMILES string of the molecule is CCC1CCCCC1C(=O)c1cc2c(s1)CCC2. The molecule has 1 saturated carbocycles. The van der Waals surface area contributed by atoms with Gasteiger partial charge in [0, 0.05) is 10.8 Å². The van der Waals surface area contributed by atoms with Gasteiger partial charge in [0.25, 0.3) is 0 Å². The molecule has 1 nitrogen and oxygen atoms in total. The fraction of sp³-hybridized carbons (Fsp3) is 0.688. The van der Waals surface area contributed by atoms with Crippen LogP contribution < -0.4 is 0 Å². The summed E-state index contributed by atoms with van der Waals surface area (Å²) in [6.45, 7) is 2.24. The molecule has 2 atom stereocenters. The molecule has 1 heterocycles. The van der Waals surface area contributed by atoms with E-state index in [2.05, 4.69) is 13.0 Å². The van der Waals surface area contributed by atoms with Crippen LogP contribution in [-0.4, -0.2) is 5.78 Å². The van der Waals surface area contributed by atoms with Crippen molar-refractivity contribution >= 4 is 17.1 Å². The van der Waals surface area contributed by atoms with Crippen LogP contribution in [0.4, 0.5) is 0 Å². The second kappa shape index (κ2) is 5.16. The zero-order valence-corrected chi connectivity index (χ0v) is 12.0. The third kappa shape index (κ3) is 2.16. The predicted octanol–water partition coefficient (Wildman–Crippen LogP) is 4.64. The molecular weight excluding hydrogens is 240 g/mol. The van der Waals surface area contributed by atoms with Crippen molar-refractivity contribution in [3.8, 4) is 0 Å². The zero-order valence-electron chi connectivity index (χ0n) is 11.2. The molecular formula is C16H22OS. The highest BCUT2D eigenvalue weighted by molar-refractivity contribution is 7.14. The molecule has 2 aliphatic rings. The number of thiophene rings is 1. The molecule has 1 aromatic heterocycles. The highest BCUT2D eigenvalue weighted by Gasteiger charge is 2.31. The Labute approximate surface area is 114 Å². The van der Waals surface area contributed by atoms with Gasteiger partial charge in [-0.1, -0.05) is 26.2 Å². The Morgan fingerprint density at radius 1 is 1.28 bits per heavy atom. The minimum Gasteiger partial charge on any atom is -0.293 e. The lowest BCUT2D eigenvalue weighted by Crippen LogP contribution is -2.26. The number of hydrogen-bond donors (Lipinski definition) is 0. The second-order valence-corrected chi connectivity index (χ2v) is 6.97. The normalized spacial score (nSPS) is 27.2. The summed E-state index contributed by atoms with van der Waals surface area (Å²) in [6.07, 6.45) is 9.81. The third-order valence-corrected chi connectivity index (χ3v) is 6.01. The Bertz CT molecular complexity index is 424. The van der Waals surface area contributed by atoms with Gasteiger partial charge in [0.2, 0.25) is 0 Å². The van der Waals surface area contributed by atoms with Crippen molar-refractivity contribution in [2.45, 2.75) is 58.3 Å². The van der Waals surface area contributed by atoms with Crippen molar-refractivity contribution < 1.29 is 4.79 Å². The van der Waals surface area contributed by atoms with Gasteiger partial charge < -0.3 is 0 Å². The van der Waals surface area contributed by atoms with Gasteiger partial charge >= 0.3 is 0 Å². The predicted molar refractivity (Wildman–Crippen MR) is 76.4 cm³/mol. The maximum absolute atomic E-state index is 12.7. The maximum atomic E-state index is 12.7. The zero-order chi connectivity index (χ0) is 12.5. The number of aryl methyl sites for hydroxylation is 2. The molecule has 2 unspecified atom stereocenters. The molecule has 3 rings (SSSR count). The number of ketones is 1. The molecule has 0 radical (unpaired) electrons. The van der Waals surface area contributed by atoms with Gasteiger partial charge in [-0.2, -0.15) is 0 Å². The lowest BCUT2D eigenvalue weighted by Gasteiger charge is -2.29. The second-order valence-electron chi connectivity index (χ2n) is 5.84. The fourth-order valence-electron chi connectivity index (χ4n) is 3.67. The Balaban J connectivity index is 1.80. The molecule has 0 N–H and O–H groups in total. The molecule has 0 amide bonds.